The van der Waals surface area contributed by atoms with Crippen molar-refractivity contribution in [2.45, 2.75) is 59.7 Å². The minimum absolute atomic E-state index is 0. The van der Waals surface area contributed by atoms with Gasteiger partial charge in [0.2, 0.25) is 0 Å². The molecule has 0 aliphatic carbocycles. The third-order valence-corrected chi connectivity index (χ3v) is 4.81. The lowest BCUT2D eigenvalue weighted by Gasteiger charge is -2.35. The molecule has 3 N–H and O–H groups in total. The molecule has 1 saturated heterocycles. The highest BCUT2D eigenvalue weighted by Crippen LogP contribution is 2.22. The number of aliphatic imine (C=N–C) groups is 1. The van der Waals surface area contributed by atoms with E-state index in [-0.39, 0.29) is 24.0 Å². The highest BCUT2D eigenvalue weighted by atomic mass is 127. The summed E-state index contributed by atoms with van der Waals surface area (Å²) in [4.78, 5) is 7.00. The number of hydrogen-bond acceptors (Lipinski definition) is 2. The van der Waals surface area contributed by atoms with Crippen molar-refractivity contribution < 1.29 is 0 Å². The highest BCUT2D eigenvalue weighted by Gasteiger charge is 2.21. The zero-order chi connectivity index (χ0) is 17.5. The molecule has 25 heavy (non-hydrogen) atoms. The van der Waals surface area contributed by atoms with Crippen LogP contribution in [0.1, 0.15) is 51.7 Å². The Morgan fingerprint density at radius 1 is 1.20 bits per heavy atom. The summed E-state index contributed by atoms with van der Waals surface area (Å²) in [6.45, 7) is 13.1. The molecule has 4 nitrogen and oxygen atoms in total. The summed E-state index contributed by atoms with van der Waals surface area (Å²) in [5.74, 6) is 2.15. The lowest BCUT2D eigenvalue weighted by Crippen LogP contribution is -2.38. The molecule has 0 bridgehead atoms. The molecule has 0 spiro atoms. The van der Waals surface area contributed by atoms with Crippen LogP contribution in [0.2, 0.25) is 0 Å². The molecule has 142 valence electrons. The van der Waals surface area contributed by atoms with Crippen molar-refractivity contribution in [1.82, 2.24) is 10.2 Å². The fraction of sp³-hybridized carbons (Fsp3) is 0.650. The number of nitrogens with one attached hydrogen (secondary N) is 1. The Morgan fingerprint density at radius 3 is 2.32 bits per heavy atom. The topological polar surface area (TPSA) is 53.6 Å². The van der Waals surface area contributed by atoms with Crippen molar-refractivity contribution >= 4 is 29.9 Å². The van der Waals surface area contributed by atoms with Crippen LogP contribution in [-0.4, -0.2) is 30.0 Å². The number of nitrogens with two attached hydrogens (primary N) is 1. The Hall–Kier alpha value is -0.820. The number of rotatable bonds is 6. The summed E-state index contributed by atoms with van der Waals surface area (Å²) < 4.78 is 0. The molecule has 1 heterocycles. The average molecular weight is 458 g/mol. The number of hydrogen-bond donors (Lipinski definition) is 2. The lowest BCUT2D eigenvalue weighted by atomic mass is 9.91. The third-order valence-electron chi connectivity index (χ3n) is 4.81. The van der Waals surface area contributed by atoms with Gasteiger partial charge in [0.15, 0.2) is 5.96 Å². The lowest BCUT2D eigenvalue weighted by molar-refractivity contribution is 0.134. The van der Waals surface area contributed by atoms with E-state index in [1.54, 1.807) is 0 Å². The molecular weight excluding hydrogens is 423 g/mol. The van der Waals surface area contributed by atoms with Crippen LogP contribution in [0.15, 0.2) is 29.3 Å². The van der Waals surface area contributed by atoms with Crippen molar-refractivity contribution in [1.29, 1.82) is 0 Å². The maximum atomic E-state index is 5.91. The molecule has 0 aromatic heterocycles. The fourth-order valence-electron chi connectivity index (χ4n) is 3.51. The zero-order valence-corrected chi connectivity index (χ0v) is 18.5. The monoisotopic (exact) mass is 458 g/mol. The van der Waals surface area contributed by atoms with Gasteiger partial charge in [-0.2, -0.15) is 0 Å². The summed E-state index contributed by atoms with van der Waals surface area (Å²) in [6.07, 6.45) is 2.40. The van der Waals surface area contributed by atoms with Gasteiger partial charge in [-0.05, 0) is 42.7 Å². The second-order valence-electron chi connectivity index (χ2n) is 7.61. The number of benzene rings is 1. The van der Waals surface area contributed by atoms with Crippen molar-refractivity contribution in [2.24, 2.45) is 22.6 Å². The van der Waals surface area contributed by atoms with E-state index in [1.165, 1.54) is 30.6 Å². The molecule has 0 amide bonds. The predicted octanol–water partition coefficient (Wildman–Crippen LogP) is 3.99. The third kappa shape index (κ3) is 7.94. The van der Waals surface area contributed by atoms with Crippen molar-refractivity contribution in [3.05, 3.63) is 35.4 Å². The van der Waals surface area contributed by atoms with Gasteiger partial charge in [-0.3, -0.25) is 4.90 Å². The van der Waals surface area contributed by atoms with Gasteiger partial charge in [-0.15, -0.1) is 24.0 Å². The first-order valence-electron chi connectivity index (χ1n) is 9.32. The molecule has 3 atom stereocenters. The average Bonchev–Trinajstić information content (AvgIpc) is 2.53. The number of likely N-dealkylation sites (tertiary alicyclic amines) is 1. The van der Waals surface area contributed by atoms with Gasteiger partial charge in [-0.25, -0.2) is 4.99 Å². The first kappa shape index (κ1) is 22.2. The van der Waals surface area contributed by atoms with Crippen LogP contribution < -0.4 is 11.1 Å². The van der Waals surface area contributed by atoms with Crippen LogP contribution in [0.4, 0.5) is 0 Å². The van der Waals surface area contributed by atoms with Crippen LogP contribution in [-0.2, 0) is 13.1 Å². The molecule has 1 aliphatic rings. The summed E-state index contributed by atoms with van der Waals surface area (Å²) in [7, 11) is 0. The van der Waals surface area contributed by atoms with Gasteiger partial charge in [0.25, 0.3) is 0 Å². The Morgan fingerprint density at radius 2 is 1.76 bits per heavy atom. The summed E-state index contributed by atoms with van der Waals surface area (Å²) in [5, 5.41) is 3.19. The van der Waals surface area contributed by atoms with Crippen LogP contribution in [0.25, 0.3) is 0 Å². The molecule has 1 aromatic rings. The SMILES string of the molecule is CCC(C)NC(N)=NCc1ccc(CN2CC(C)CC(C)C2)cc1.I. The van der Waals surface area contributed by atoms with Gasteiger partial charge >= 0.3 is 0 Å². The van der Waals surface area contributed by atoms with Crippen LogP contribution in [0.3, 0.4) is 0 Å². The van der Waals surface area contributed by atoms with Gasteiger partial charge in [0.05, 0.1) is 6.54 Å². The summed E-state index contributed by atoms with van der Waals surface area (Å²) >= 11 is 0. The van der Waals surface area contributed by atoms with E-state index in [9.17, 15) is 0 Å². The molecule has 1 fully saturated rings. The zero-order valence-electron chi connectivity index (χ0n) is 16.2. The van der Waals surface area contributed by atoms with Gasteiger partial charge in [-0.1, -0.05) is 45.0 Å². The second kappa shape index (κ2) is 11.0. The van der Waals surface area contributed by atoms with Crippen LogP contribution >= 0.6 is 24.0 Å². The summed E-state index contributed by atoms with van der Waals surface area (Å²) in [6, 6.07) is 9.17. The molecule has 2 rings (SSSR count). The molecule has 0 saturated carbocycles. The van der Waals surface area contributed by atoms with Gasteiger partial charge in [0.1, 0.15) is 0 Å². The number of guanidine groups is 1. The Labute approximate surface area is 170 Å². The largest absolute Gasteiger partial charge is 0.370 e. The normalized spacial score (nSPS) is 23.0. The molecule has 3 unspecified atom stereocenters. The Balaban J connectivity index is 0.00000312. The van der Waals surface area contributed by atoms with E-state index in [1.807, 2.05) is 0 Å². The maximum absolute atomic E-state index is 5.91. The van der Waals surface area contributed by atoms with Gasteiger partial charge in [0, 0.05) is 25.7 Å². The van der Waals surface area contributed by atoms with E-state index in [2.05, 4.69) is 67.2 Å². The van der Waals surface area contributed by atoms with Crippen LogP contribution in [0, 0.1) is 11.8 Å². The molecular formula is C20H35IN4. The maximum Gasteiger partial charge on any atom is 0.189 e. The number of piperidine rings is 1. The van der Waals surface area contributed by atoms with E-state index < -0.39 is 0 Å². The first-order valence-corrected chi connectivity index (χ1v) is 9.32. The molecule has 1 aromatic carbocycles. The fourth-order valence-corrected chi connectivity index (χ4v) is 3.51. The van der Waals surface area contributed by atoms with E-state index in [4.69, 9.17) is 5.73 Å². The Bertz CT molecular complexity index is 519. The van der Waals surface area contributed by atoms with Crippen molar-refractivity contribution in [3.8, 4) is 0 Å². The highest BCUT2D eigenvalue weighted by molar-refractivity contribution is 14.0. The Kier molecular flexibility index (Phi) is 9.79. The predicted molar refractivity (Wildman–Crippen MR) is 118 cm³/mol. The van der Waals surface area contributed by atoms with E-state index >= 15 is 0 Å². The van der Waals surface area contributed by atoms with Crippen molar-refractivity contribution in [3.63, 3.8) is 0 Å². The minimum atomic E-state index is 0. The van der Waals surface area contributed by atoms with E-state index in [0.29, 0.717) is 18.5 Å². The van der Waals surface area contributed by atoms with Crippen molar-refractivity contribution in [2.75, 3.05) is 13.1 Å². The van der Waals surface area contributed by atoms with Crippen LogP contribution in [0.5, 0.6) is 0 Å². The smallest absolute Gasteiger partial charge is 0.189 e. The second-order valence-corrected chi connectivity index (χ2v) is 7.61. The molecule has 5 heteroatoms. The molecule has 0 radical (unpaired) electrons. The number of halogens is 1. The number of nitrogens with zero attached hydrogens (tertiary/aromatic N) is 2. The van der Waals surface area contributed by atoms with E-state index in [0.717, 1.165) is 24.8 Å². The summed E-state index contributed by atoms with van der Waals surface area (Å²) in [5.41, 5.74) is 8.50. The van der Waals surface area contributed by atoms with Gasteiger partial charge < -0.3 is 11.1 Å². The minimum Gasteiger partial charge on any atom is -0.370 e. The standard InChI is InChI=1S/C20H34N4.HI/c1-5-17(4)23-20(21)22-11-18-6-8-19(9-7-18)14-24-12-15(2)10-16(3)13-24;/h6-9,15-17H,5,10-14H2,1-4H3,(H3,21,22,23);1H. The first-order chi connectivity index (χ1) is 11.5. The molecule has 1 aliphatic heterocycles. The quantitative estimate of drug-likeness (QED) is 0.385.